The van der Waals surface area contributed by atoms with Crippen LogP contribution in [0, 0.1) is 0 Å². The summed E-state index contributed by atoms with van der Waals surface area (Å²) in [4.78, 5) is 12.0. The van der Waals surface area contributed by atoms with Crippen LogP contribution in [0.1, 0.15) is 17.3 Å². The molecule has 0 saturated carbocycles. The van der Waals surface area contributed by atoms with Crippen molar-refractivity contribution in [2.24, 2.45) is 0 Å². The van der Waals surface area contributed by atoms with Crippen LogP contribution in [0.3, 0.4) is 0 Å². The molecule has 110 valence electrons. The molecule has 0 atom stereocenters. The SMILES string of the molecule is CCOC(=O)c1cc(N)ccc1Oc1cc(Br)ccc1Cl. The second-order valence-corrected chi connectivity index (χ2v) is 5.48. The lowest BCUT2D eigenvalue weighted by molar-refractivity contribution is 0.0523. The first kappa shape index (κ1) is 15.7. The highest BCUT2D eigenvalue weighted by Gasteiger charge is 2.16. The normalized spacial score (nSPS) is 10.2. The van der Waals surface area contributed by atoms with Crippen LogP contribution < -0.4 is 10.5 Å². The maximum absolute atomic E-state index is 12.0. The summed E-state index contributed by atoms with van der Waals surface area (Å²) in [6.45, 7) is 2.00. The Balaban J connectivity index is 2.39. The predicted octanol–water partition coefficient (Wildman–Crippen LogP) is 4.65. The summed E-state index contributed by atoms with van der Waals surface area (Å²) in [5, 5.41) is 0.435. The first-order valence-corrected chi connectivity index (χ1v) is 7.38. The van der Waals surface area contributed by atoms with Crippen molar-refractivity contribution in [3.63, 3.8) is 0 Å². The van der Waals surface area contributed by atoms with Crippen molar-refractivity contribution in [3.8, 4) is 11.5 Å². The van der Waals surface area contributed by atoms with Crippen molar-refractivity contribution < 1.29 is 14.3 Å². The van der Waals surface area contributed by atoms with Crippen LogP contribution >= 0.6 is 27.5 Å². The minimum Gasteiger partial charge on any atom is -0.462 e. The molecule has 6 heteroatoms. The van der Waals surface area contributed by atoms with E-state index in [0.717, 1.165) is 4.47 Å². The van der Waals surface area contributed by atoms with E-state index in [-0.39, 0.29) is 12.2 Å². The number of carbonyl (C=O) groups excluding carboxylic acids is 1. The molecule has 2 aromatic carbocycles. The number of nitrogens with two attached hydrogens (primary N) is 1. The van der Waals surface area contributed by atoms with Gasteiger partial charge in [-0.1, -0.05) is 27.5 Å². The smallest absolute Gasteiger partial charge is 0.342 e. The number of rotatable bonds is 4. The minimum absolute atomic E-state index is 0.257. The van der Waals surface area contributed by atoms with E-state index in [0.29, 0.717) is 22.2 Å². The van der Waals surface area contributed by atoms with Crippen molar-refractivity contribution in [3.05, 3.63) is 51.5 Å². The lowest BCUT2D eigenvalue weighted by Crippen LogP contribution is -2.07. The summed E-state index contributed by atoms with van der Waals surface area (Å²) in [6, 6.07) is 9.97. The van der Waals surface area contributed by atoms with Crippen LogP contribution in [0.15, 0.2) is 40.9 Å². The molecule has 2 rings (SSSR count). The van der Waals surface area contributed by atoms with Gasteiger partial charge in [-0.15, -0.1) is 0 Å². The average Bonchev–Trinajstić information content (AvgIpc) is 2.45. The minimum atomic E-state index is -0.495. The van der Waals surface area contributed by atoms with E-state index < -0.39 is 5.97 Å². The number of carbonyl (C=O) groups is 1. The van der Waals surface area contributed by atoms with Gasteiger partial charge in [-0.25, -0.2) is 4.79 Å². The zero-order valence-corrected chi connectivity index (χ0v) is 13.6. The fourth-order valence-electron chi connectivity index (χ4n) is 1.68. The number of anilines is 1. The topological polar surface area (TPSA) is 61.5 Å². The predicted molar refractivity (Wildman–Crippen MR) is 86.0 cm³/mol. The van der Waals surface area contributed by atoms with E-state index in [2.05, 4.69) is 15.9 Å². The van der Waals surface area contributed by atoms with Gasteiger partial charge in [0, 0.05) is 10.2 Å². The Hall–Kier alpha value is -1.72. The summed E-state index contributed by atoms with van der Waals surface area (Å²) >= 11 is 9.43. The molecule has 2 N–H and O–H groups in total. The lowest BCUT2D eigenvalue weighted by atomic mass is 10.2. The first-order valence-electron chi connectivity index (χ1n) is 6.20. The molecular weight excluding hydrogens is 358 g/mol. The highest BCUT2D eigenvalue weighted by atomic mass is 79.9. The average molecular weight is 371 g/mol. The van der Waals surface area contributed by atoms with Crippen LogP contribution in [0.2, 0.25) is 5.02 Å². The van der Waals surface area contributed by atoms with E-state index in [4.69, 9.17) is 26.8 Å². The first-order chi connectivity index (χ1) is 10.0. The molecule has 21 heavy (non-hydrogen) atoms. The Labute approximate surface area is 135 Å². The molecule has 0 bridgehead atoms. The number of hydrogen-bond donors (Lipinski definition) is 1. The van der Waals surface area contributed by atoms with Gasteiger partial charge in [0.25, 0.3) is 0 Å². The Kier molecular flexibility index (Phi) is 5.09. The zero-order valence-electron chi connectivity index (χ0n) is 11.2. The number of halogens is 2. The molecule has 0 amide bonds. The summed E-state index contributed by atoms with van der Waals surface area (Å²) in [5.74, 6) is 0.273. The third kappa shape index (κ3) is 3.89. The van der Waals surface area contributed by atoms with E-state index in [1.54, 1.807) is 37.3 Å². The van der Waals surface area contributed by atoms with Gasteiger partial charge in [0.1, 0.15) is 17.1 Å². The van der Waals surface area contributed by atoms with Crippen molar-refractivity contribution in [1.82, 2.24) is 0 Å². The number of hydrogen-bond acceptors (Lipinski definition) is 4. The van der Waals surface area contributed by atoms with Gasteiger partial charge >= 0.3 is 5.97 Å². The van der Waals surface area contributed by atoms with Gasteiger partial charge in [0.05, 0.1) is 11.6 Å². The number of benzene rings is 2. The molecule has 2 aromatic rings. The second-order valence-electron chi connectivity index (χ2n) is 4.15. The molecular formula is C15H13BrClNO3. The van der Waals surface area contributed by atoms with Crippen LogP contribution in [-0.2, 0) is 4.74 Å². The zero-order chi connectivity index (χ0) is 15.4. The highest BCUT2D eigenvalue weighted by Crippen LogP contribution is 2.34. The monoisotopic (exact) mass is 369 g/mol. The van der Waals surface area contributed by atoms with Crippen molar-refractivity contribution in [2.75, 3.05) is 12.3 Å². The van der Waals surface area contributed by atoms with Gasteiger partial charge in [-0.2, -0.15) is 0 Å². The molecule has 4 nitrogen and oxygen atoms in total. The standard InChI is InChI=1S/C15H13BrClNO3/c1-2-20-15(19)11-8-10(18)4-6-13(11)21-14-7-9(16)3-5-12(14)17/h3-8H,2,18H2,1H3. The third-order valence-electron chi connectivity index (χ3n) is 2.61. The Morgan fingerprint density at radius 1 is 1.24 bits per heavy atom. The van der Waals surface area contributed by atoms with Crippen LogP contribution in [0.25, 0.3) is 0 Å². The van der Waals surface area contributed by atoms with Crippen molar-refractivity contribution >= 4 is 39.2 Å². The van der Waals surface area contributed by atoms with Gasteiger partial charge in [0.15, 0.2) is 0 Å². The van der Waals surface area contributed by atoms with E-state index in [1.807, 2.05) is 0 Å². The molecule has 0 spiro atoms. The molecule has 0 aliphatic carbocycles. The Bertz CT molecular complexity index is 676. The largest absolute Gasteiger partial charge is 0.462 e. The number of esters is 1. The van der Waals surface area contributed by atoms with E-state index >= 15 is 0 Å². The summed E-state index contributed by atoms with van der Waals surface area (Å²) < 4.78 is 11.5. The molecule has 0 aromatic heterocycles. The van der Waals surface area contributed by atoms with Crippen LogP contribution in [-0.4, -0.2) is 12.6 Å². The lowest BCUT2D eigenvalue weighted by Gasteiger charge is -2.12. The van der Waals surface area contributed by atoms with Crippen molar-refractivity contribution in [1.29, 1.82) is 0 Å². The van der Waals surface area contributed by atoms with Crippen molar-refractivity contribution in [2.45, 2.75) is 6.92 Å². The van der Waals surface area contributed by atoms with E-state index in [9.17, 15) is 4.79 Å². The molecule has 0 unspecified atom stereocenters. The fourth-order valence-corrected chi connectivity index (χ4v) is 2.18. The highest BCUT2D eigenvalue weighted by molar-refractivity contribution is 9.10. The van der Waals surface area contributed by atoms with Gasteiger partial charge < -0.3 is 15.2 Å². The van der Waals surface area contributed by atoms with Crippen LogP contribution in [0.4, 0.5) is 5.69 Å². The Morgan fingerprint density at radius 2 is 2.00 bits per heavy atom. The van der Waals surface area contributed by atoms with E-state index in [1.165, 1.54) is 6.07 Å². The molecule has 0 aliphatic heterocycles. The summed E-state index contributed by atoms with van der Waals surface area (Å²) in [6.07, 6.45) is 0. The third-order valence-corrected chi connectivity index (χ3v) is 3.42. The maximum atomic E-state index is 12.0. The molecule has 0 aliphatic rings. The number of ether oxygens (including phenoxy) is 2. The maximum Gasteiger partial charge on any atom is 0.342 e. The van der Waals surface area contributed by atoms with Gasteiger partial charge in [-0.3, -0.25) is 0 Å². The quantitative estimate of drug-likeness (QED) is 0.628. The summed E-state index contributed by atoms with van der Waals surface area (Å²) in [5.41, 5.74) is 6.42. The fraction of sp³-hybridized carbons (Fsp3) is 0.133. The van der Waals surface area contributed by atoms with Crippen LogP contribution in [0.5, 0.6) is 11.5 Å². The summed E-state index contributed by atoms with van der Waals surface area (Å²) in [7, 11) is 0. The Morgan fingerprint density at radius 3 is 2.71 bits per heavy atom. The number of nitrogen functional groups attached to an aromatic ring is 1. The molecule has 0 heterocycles. The molecule has 0 fully saturated rings. The van der Waals surface area contributed by atoms with Gasteiger partial charge in [0.2, 0.25) is 0 Å². The molecule has 0 radical (unpaired) electrons. The second kappa shape index (κ2) is 6.83. The van der Waals surface area contributed by atoms with Gasteiger partial charge in [-0.05, 0) is 43.3 Å². The molecule has 0 saturated heterocycles.